The quantitative estimate of drug-likeness (QED) is 0.635. The van der Waals surface area contributed by atoms with Gasteiger partial charge in [-0.05, 0) is 30.9 Å². The van der Waals surface area contributed by atoms with Crippen molar-refractivity contribution in [2.24, 2.45) is 0 Å². The van der Waals surface area contributed by atoms with Crippen LogP contribution < -0.4 is 5.32 Å². The summed E-state index contributed by atoms with van der Waals surface area (Å²) >= 11 is 2.99. The van der Waals surface area contributed by atoms with E-state index in [4.69, 9.17) is 4.74 Å². The van der Waals surface area contributed by atoms with Gasteiger partial charge >= 0.3 is 5.97 Å². The number of amides is 1. The lowest BCUT2D eigenvalue weighted by Gasteiger charge is -2.69. The molecular formula is C17H20N2O5S2. The molecule has 7 nitrogen and oxygen atoms in total. The van der Waals surface area contributed by atoms with E-state index < -0.39 is 23.3 Å². The number of nitrogens with zero attached hydrogens (tertiary/aromatic N) is 1. The number of carbonyl (C=O) groups is 2. The summed E-state index contributed by atoms with van der Waals surface area (Å²) < 4.78 is 5.49. The summed E-state index contributed by atoms with van der Waals surface area (Å²) in [6, 6.07) is 3.20. The maximum atomic E-state index is 12.5. The number of thioether (sulfide) groups is 1. The zero-order valence-electron chi connectivity index (χ0n) is 14.4. The zero-order chi connectivity index (χ0) is 18.7. The molecule has 3 atom stereocenters. The summed E-state index contributed by atoms with van der Waals surface area (Å²) in [6.45, 7) is 3.00. The largest absolute Gasteiger partial charge is 0.450 e. The molecule has 2 fully saturated rings. The number of aliphatic hydroxyl groups excluding tert-OH is 1. The van der Waals surface area contributed by atoms with E-state index in [9.17, 15) is 19.8 Å². The number of esters is 1. The van der Waals surface area contributed by atoms with Gasteiger partial charge in [0.2, 0.25) is 11.6 Å². The van der Waals surface area contributed by atoms with Crippen LogP contribution in [-0.4, -0.2) is 62.1 Å². The van der Waals surface area contributed by atoms with E-state index in [1.807, 2.05) is 17.5 Å². The molecule has 140 valence electrons. The molecule has 0 saturated carbocycles. The molecule has 3 N–H and O–H groups in total. The van der Waals surface area contributed by atoms with Crippen molar-refractivity contribution in [1.82, 2.24) is 10.2 Å². The maximum absolute atomic E-state index is 12.5. The predicted octanol–water partition coefficient (Wildman–Crippen LogP) is 0.434. The number of thiophene rings is 1. The van der Waals surface area contributed by atoms with Gasteiger partial charge in [0.05, 0.1) is 13.0 Å². The van der Waals surface area contributed by atoms with E-state index in [1.165, 1.54) is 23.1 Å². The minimum atomic E-state index is -1.56. The van der Waals surface area contributed by atoms with Crippen molar-refractivity contribution in [3.05, 3.63) is 33.7 Å². The Balaban J connectivity index is 1.63. The smallest absolute Gasteiger partial charge is 0.355 e. The first-order chi connectivity index (χ1) is 12.3. The standard InChI is InChI=1S/C17H20N2O5S2/c1-16(2)17(23)13(18-11(21)6-10-4-3-5-25-10)14-19(17)12(15(22)24-16)9(7-20)8-26-14/h3-5,13-14,20,23H,6-8H2,1-2H3,(H,18,21)/t13-,14+,17?/m0/s1. The van der Waals surface area contributed by atoms with Gasteiger partial charge in [0.25, 0.3) is 0 Å². The highest BCUT2D eigenvalue weighted by Gasteiger charge is 2.73. The third-order valence-electron chi connectivity index (χ3n) is 5.19. The molecule has 3 aliphatic rings. The fourth-order valence-electron chi connectivity index (χ4n) is 3.85. The Labute approximate surface area is 159 Å². The summed E-state index contributed by atoms with van der Waals surface area (Å²) in [7, 11) is 0. The first-order valence-corrected chi connectivity index (χ1v) is 10.2. The number of morpholine rings is 1. The first-order valence-electron chi connectivity index (χ1n) is 8.31. The molecule has 4 rings (SSSR count). The SMILES string of the molecule is CC1(C)OC(=O)C2=C(CO)CS[C@@H]3[C@H](NC(=O)Cc4cccs4)C1(O)N23. The van der Waals surface area contributed by atoms with Crippen LogP contribution in [0, 0.1) is 0 Å². The summed E-state index contributed by atoms with van der Waals surface area (Å²) in [4.78, 5) is 27.5. The third kappa shape index (κ3) is 2.34. The number of hydrogen-bond donors (Lipinski definition) is 3. The highest BCUT2D eigenvalue weighted by Crippen LogP contribution is 2.56. The molecule has 3 aliphatic heterocycles. The summed E-state index contributed by atoms with van der Waals surface area (Å²) in [5, 5.41) is 25.6. The van der Waals surface area contributed by atoms with Gasteiger partial charge in [-0.3, -0.25) is 4.79 Å². The monoisotopic (exact) mass is 396 g/mol. The highest BCUT2D eigenvalue weighted by atomic mass is 32.2. The summed E-state index contributed by atoms with van der Waals surface area (Å²) in [5.74, 6) is -0.273. The lowest BCUT2D eigenvalue weighted by Crippen LogP contribution is -2.89. The second-order valence-electron chi connectivity index (χ2n) is 7.11. The van der Waals surface area contributed by atoms with E-state index in [1.54, 1.807) is 18.7 Å². The van der Waals surface area contributed by atoms with Crippen molar-refractivity contribution in [3.63, 3.8) is 0 Å². The van der Waals surface area contributed by atoms with Crippen LogP contribution in [-0.2, 0) is 20.7 Å². The predicted molar refractivity (Wildman–Crippen MR) is 97.3 cm³/mol. The second kappa shape index (κ2) is 5.98. The fraction of sp³-hybridized carbons (Fsp3) is 0.529. The van der Waals surface area contributed by atoms with Gasteiger partial charge in [-0.15, -0.1) is 23.1 Å². The fourth-order valence-corrected chi connectivity index (χ4v) is 6.02. The Hall–Kier alpha value is -1.55. The molecular weight excluding hydrogens is 376 g/mol. The lowest BCUT2D eigenvalue weighted by molar-refractivity contribution is -0.308. The minimum Gasteiger partial charge on any atom is -0.450 e. The molecule has 1 aromatic heterocycles. The Morgan fingerprint density at radius 1 is 1.50 bits per heavy atom. The van der Waals surface area contributed by atoms with Gasteiger partial charge in [-0.25, -0.2) is 4.79 Å². The van der Waals surface area contributed by atoms with Crippen molar-refractivity contribution >= 4 is 35.0 Å². The molecule has 26 heavy (non-hydrogen) atoms. The Bertz CT molecular complexity index is 791. The zero-order valence-corrected chi connectivity index (χ0v) is 16.0. The molecule has 1 amide bonds. The van der Waals surface area contributed by atoms with Gasteiger partial charge < -0.3 is 25.2 Å². The van der Waals surface area contributed by atoms with E-state index in [0.717, 1.165) is 4.88 Å². The van der Waals surface area contributed by atoms with Crippen LogP contribution >= 0.6 is 23.1 Å². The number of hydrogen-bond acceptors (Lipinski definition) is 8. The van der Waals surface area contributed by atoms with Gasteiger partial charge in [0.15, 0.2) is 5.60 Å². The van der Waals surface area contributed by atoms with Crippen LogP contribution in [0.4, 0.5) is 0 Å². The number of aliphatic hydroxyl groups is 2. The molecule has 2 saturated heterocycles. The average Bonchev–Trinajstić information content (AvgIpc) is 3.09. The first kappa shape index (κ1) is 17.8. The van der Waals surface area contributed by atoms with Gasteiger partial charge in [-0.2, -0.15) is 0 Å². The van der Waals surface area contributed by atoms with Crippen LogP contribution in [0.5, 0.6) is 0 Å². The normalized spacial score (nSPS) is 31.8. The number of carbonyl (C=O) groups excluding carboxylic acids is 2. The average molecular weight is 396 g/mol. The van der Waals surface area contributed by atoms with Gasteiger partial charge in [-0.1, -0.05) is 6.07 Å². The molecule has 9 heteroatoms. The molecule has 0 spiro atoms. The molecule has 4 heterocycles. The van der Waals surface area contributed by atoms with Crippen molar-refractivity contribution < 1.29 is 24.5 Å². The maximum Gasteiger partial charge on any atom is 0.355 e. The molecule has 1 unspecified atom stereocenters. The van der Waals surface area contributed by atoms with Crippen molar-refractivity contribution in [2.75, 3.05) is 12.4 Å². The van der Waals surface area contributed by atoms with Gasteiger partial charge in [0.1, 0.15) is 17.1 Å². The molecule has 0 aliphatic carbocycles. The van der Waals surface area contributed by atoms with E-state index in [-0.39, 0.29) is 30.0 Å². The van der Waals surface area contributed by atoms with Crippen LogP contribution in [0.2, 0.25) is 0 Å². The number of cyclic esters (lactones) is 1. The third-order valence-corrected chi connectivity index (χ3v) is 7.41. The van der Waals surface area contributed by atoms with Crippen molar-refractivity contribution in [3.8, 4) is 0 Å². The van der Waals surface area contributed by atoms with Crippen molar-refractivity contribution in [1.29, 1.82) is 0 Å². The molecule has 0 aromatic carbocycles. The van der Waals surface area contributed by atoms with E-state index >= 15 is 0 Å². The van der Waals surface area contributed by atoms with E-state index in [0.29, 0.717) is 11.3 Å². The highest BCUT2D eigenvalue weighted by molar-refractivity contribution is 8.00. The Morgan fingerprint density at radius 3 is 2.92 bits per heavy atom. The second-order valence-corrected chi connectivity index (χ2v) is 9.25. The minimum absolute atomic E-state index is 0.183. The topological polar surface area (TPSA) is 99.1 Å². The van der Waals surface area contributed by atoms with E-state index in [2.05, 4.69) is 5.32 Å². The van der Waals surface area contributed by atoms with Crippen LogP contribution in [0.15, 0.2) is 28.8 Å². The summed E-state index contributed by atoms with van der Waals surface area (Å²) in [5.41, 5.74) is -2.00. The lowest BCUT2D eigenvalue weighted by atomic mass is 9.75. The Morgan fingerprint density at radius 2 is 2.27 bits per heavy atom. The number of ether oxygens (including phenoxy) is 1. The molecule has 0 radical (unpaired) electrons. The van der Waals surface area contributed by atoms with Crippen LogP contribution in [0.3, 0.4) is 0 Å². The molecule has 1 aromatic rings. The number of nitrogens with one attached hydrogen (secondary N) is 1. The van der Waals surface area contributed by atoms with Gasteiger partial charge in [0, 0.05) is 10.6 Å². The van der Waals surface area contributed by atoms with Crippen LogP contribution in [0.25, 0.3) is 0 Å². The van der Waals surface area contributed by atoms with Crippen LogP contribution in [0.1, 0.15) is 18.7 Å². The number of rotatable bonds is 4. The molecule has 0 bridgehead atoms. The van der Waals surface area contributed by atoms with Crippen molar-refractivity contribution in [2.45, 2.75) is 43.0 Å². The Kier molecular flexibility index (Phi) is 4.11. The summed E-state index contributed by atoms with van der Waals surface area (Å²) in [6.07, 6.45) is 0.242.